The SMILES string of the molecule is Cc1n[nH]c(C)c1CCC(=O)N[C@H](CC(N)=O)c1cccc(Cl)c1. The van der Waals surface area contributed by atoms with E-state index in [1.54, 1.807) is 18.2 Å². The smallest absolute Gasteiger partial charge is 0.220 e. The second kappa shape index (κ2) is 7.97. The van der Waals surface area contributed by atoms with Crippen molar-refractivity contribution in [3.63, 3.8) is 0 Å². The summed E-state index contributed by atoms with van der Waals surface area (Å²) in [5.74, 6) is -0.636. The molecular weight excluding hydrogens is 328 g/mol. The zero-order chi connectivity index (χ0) is 17.7. The Kier molecular flexibility index (Phi) is 5.98. The molecule has 4 N–H and O–H groups in total. The second-order valence-electron chi connectivity index (χ2n) is 5.76. The fourth-order valence-corrected chi connectivity index (χ4v) is 2.82. The largest absolute Gasteiger partial charge is 0.370 e. The maximum atomic E-state index is 12.3. The fourth-order valence-electron chi connectivity index (χ4n) is 2.62. The van der Waals surface area contributed by atoms with Gasteiger partial charge in [-0.25, -0.2) is 0 Å². The van der Waals surface area contributed by atoms with Crippen molar-refractivity contribution in [2.45, 2.75) is 39.2 Å². The normalized spacial score (nSPS) is 12.0. The molecule has 1 heterocycles. The Bertz CT molecular complexity index is 722. The van der Waals surface area contributed by atoms with Crippen LogP contribution in [0.5, 0.6) is 0 Å². The second-order valence-corrected chi connectivity index (χ2v) is 6.19. The van der Waals surface area contributed by atoms with Crippen molar-refractivity contribution >= 4 is 23.4 Å². The molecule has 6 nitrogen and oxygen atoms in total. The summed E-state index contributed by atoms with van der Waals surface area (Å²) in [6.07, 6.45) is 0.908. The first kappa shape index (κ1) is 18.0. The highest BCUT2D eigenvalue weighted by atomic mass is 35.5. The number of rotatable bonds is 7. The number of nitrogens with zero attached hydrogens (tertiary/aromatic N) is 1. The number of aryl methyl sites for hydroxylation is 2. The molecule has 0 radical (unpaired) electrons. The number of hydrogen-bond acceptors (Lipinski definition) is 3. The van der Waals surface area contributed by atoms with E-state index in [0.717, 1.165) is 22.5 Å². The van der Waals surface area contributed by atoms with Crippen LogP contribution in [0.2, 0.25) is 5.02 Å². The fraction of sp³-hybridized carbons (Fsp3) is 0.353. The number of halogens is 1. The van der Waals surface area contributed by atoms with Crippen molar-refractivity contribution in [2.75, 3.05) is 0 Å². The minimum Gasteiger partial charge on any atom is -0.370 e. The average molecular weight is 349 g/mol. The number of carbonyl (C=O) groups excluding carboxylic acids is 2. The van der Waals surface area contributed by atoms with Gasteiger partial charge in [0.2, 0.25) is 11.8 Å². The van der Waals surface area contributed by atoms with Crippen LogP contribution in [0, 0.1) is 13.8 Å². The number of carbonyl (C=O) groups is 2. The van der Waals surface area contributed by atoms with E-state index in [9.17, 15) is 9.59 Å². The molecule has 2 aromatic rings. The van der Waals surface area contributed by atoms with E-state index in [0.29, 0.717) is 17.9 Å². The molecule has 0 aliphatic carbocycles. The van der Waals surface area contributed by atoms with Crippen LogP contribution in [0.15, 0.2) is 24.3 Å². The molecule has 0 saturated carbocycles. The minimum atomic E-state index is -0.486. The third-order valence-electron chi connectivity index (χ3n) is 3.87. The first-order valence-electron chi connectivity index (χ1n) is 7.70. The van der Waals surface area contributed by atoms with Gasteiger partial charge in [-0.1, -0.05) is 23.7 Å². The summed E-state index contributed by atoms with van der Waals surface area (Å²) >= 11 is 5.99. The predicted octanol–water partition coefficient (Wildman–Crippen LogP) is 2.35. The maximum absolute atomic E-state index is 12.3. The van der Waals surface area contributed by atoms with Crippen LogP contribution in [-0.4, -0.2) is 22.0 Å². The number of benzene rings is 1. The van der Waals surface area contributed by atoms with Crippen molar-refractivity contribution in [1.82, 2.24) is 15.5 Å². The first-order valence-corrected chi connectivity index (χ1v) is 8.08. The summed E-state index contributed by atoms with van der Waals surface area (Å²) in [6, 6.07) is 6.55. The van der Waals surface area contributed by atoms with Gasteiger partial charge in [-0.05, 0) is 43.5 Å². The molecule has 2 amide bonds. The molecule has 1 atom stereocenters. The monoisotopic (exact) mass is 348 g/mol. The van der Waals surface area contributed by atoms with Crippen molar-refractivity contribution in [2.24, 2.45) is 5.73 Å². The van der Waals surface area contributed by atoms with E-state index in [1.165, 1.54) is 0 Å². The Hall–Kier alpha value is -2.34. The Labute approximate surface area is 145 Å². The van der Waals surface area contributed by atoms with E-state index in [1.807, 2.05) is 19.9 Å². The standard InChI is InChI=1S/C17H21ClN4O2/c1-10-14(11(2)22-21-10)6-7-17(24)20-15(9-16(19)23)12-4-3-5-13(18)8-12/h3-5,8,15H,6-7,9H2,1-2H3,(H2,19,23)(H,20,24)(H,21,22)/t15-/m1/s1. The highest BCUT2D eigenvalue weighted by Crippen LogP contribution is 2.21. The summed E-state index contributed by atoms with van der Waals surface area (Å²) < 4.78 is 0. The van der Waals surface area contributed by atoms with E-state index in [-0.39, 0.29) is 12.3 Å². The van der Waals surface area contributed by atoms with Crippen LogP contribution in [-0.2, 0) is 16.0 Å². The Morgan fingerprint density at radius 1 is 1.38 bits per heavy atom. The summed E-state index contributed by atoms with van der Waals surface area (Å²) in [5.41, 5.74) is 8.95. The van der Waals surface area contributed by atoms with Crippen molar-refractivity contribution < 1.29 is 9.59 Å². The molecule has 1 aromatic heterocycles. The van der Waals surface area contributed by atoms with Crippen LogP contribution in [0.1, 0.15) is 41.4 Å². The van der Waals surface area contributed by atoms with Crippen molar-refractivity contribution in [3.8, 4) is 0 Å². The molecule has 0 unspecified atom stereocenters. The van der Waals surface area contributed by atoms with Gasteiger partial charge >= 0.3 is 0 Å². The Morgan fingerprint density at radius 3 is 2.71 bits per heavy atom. The molecule has 1 aromatic carbocycles. The third kappa shape index (κ3) is 4.83. The summed E-state index contributed by atoms with van der Waals surface area (Å²) in [7, 11) is 0. The molecule has 0 saturated heterocycles. The molecule has 7 heteroatoms. The maximum Gasteiger partial charge on any atom is 0.220 e. The lowest BCUT2D eigenvalue weighted by atomic mass is 10.0. The number of H-pyrrole nitrogens is 1. The summed E-state index contributed by atoms with van der Waals surface area (Å²) in [6.45, 7) is 3.83. The van der Waals surface area contributed by atoms with Crippen LogP contribution in [0.4, 0.5) is 0 Å². The van der Waals surface area contributed by atoms with Crippen LogP contribution >= 0.6 is 11.6 Å². The van der Waals surface area contributed by atoms with Crippen LogP contribution in [0.25, 0.3) is 0 Å². The van der Waals surface area contributed by atoms with Gasteiger partial charge in [-0.3, -0.25) is 14.7 Å². The van der Waals surface area contributed by atoms with Gasteiger partial charge in [0.05, 0.1) is 18.2 Å². The van der Waals surface area contributed by atoms with E-state index in [4.69, 9.17) is 17.3 Å². The number of nitrogens with two attached hydrogens (primary N) is 1. The minimum absolute atomic E-state index is 0.0237. The number of amides is 2. The topological polar surface area (TPSA) is 101 Å². The zero-order valence-electron chi connectivity index (χ0n) is 13.7. The average Bonchev–Trinajstić information content (AvgIpc) is 2.83. The predicted molar refractivity (Wildman–Crippen MR) is 92.5 cm³/mol. The van der Waals surface area contributed by atoms with Crippen LogP contribution in [0.3, 0.4) is 0 Å². The van der Waals surface area contributed by atoms with Gasteiger partial charge < -0.3 is 11.1 Å². The Balaban J connectivity index is 2.03. The molecule has 0 fully saturated rings. The van der Waals surface area contributed by atoms with Gasteiger partial charge in [0, 0.05) is 17.1 Å². The van der Waals surface area contributed by atoms with Gasteiger partial charge in [0.25, 0.3) is 0 Å². The van der Waals surface area contributed by atoms with Gasteiger partial charge in [-0.2, -0.15) is 5.10 Å². The highest BCUT2D eigenvalue weighted by molar-refractivity contribution is 6.30. The van der Waals surface area contributed by atoms with Crippen molar-refractivity contribution in [1.29, 1.82) is 0 Å². The van der Waals surface area contributed by atoms with Crippen LogP contribution < -0.4 is 11.1 Å². The first-order chi connectivity index (χ1) is 11.4. The lowest BCUT2D eigenvalue weighted by Gasteiger charge is -2.18. The molecule has 0 bridgehead atoms. The van der Waals surface area contributed by atoms with Gasteiger partial charge in [0.1, 0.15) is 0 Å². The van der Waals surface area contributed by atoms with Crippen molar-refractivity contribution in [3.05, 3.63) is 51.8 Å². The quantitative estimate of drug-likeness (QED) is 0.715. The third-order valence-corrected chi connectivity index (χ3v) is 4.11. The molecular formula is C17H21ClN4O2. The number of aromatic amines is 1. The highest BCUT2D eigenvalue weighted by Gasteiger charge is 2.18. The zero-order valence-corrected chi connectivity index (χ0v) is 14.5. The molecule has 0 aliphatic rings. The number of hydrogen-bond donors (Lipinski definition) is 3. The molecule has 0 spiro atoms. The Morgan fingerprint density at radius 2 is 2.12 bits per heavy atom. The van der Waals surface area contributed by atoms with Gasteiger partial charge in [-0.15, -0.1) is 0 Å². The molecule has 2 rings (SSSR count). The molecule has 24 heavy (non-hydrogen) atoms. The number of primary amides is 1. The lowest BCUT2D eigenvalue weighted by molar-refractivity contribution is -0.122. The van der Waals surface area contributed by atoms with E-state index in [2.05, 4.69) is 15.5 Å². The van der Waals surface area contributed by atoms with Gasteiger partial charge in [0.15, 0.2) is 0 Å². The van der Waals surface area contributed by atoms with E-state index < -0.39 is 11.9 Å². The lowest BCUT2D eigenvalue weighted by Crippen LogP contribution is -2.32. The number of aromatic nitrogens is 2. The van der Waals surface area contributed by atoms with E-state index >= 15 is 0 Å². The summed E-state index contributed by atoms with van der Waals surface area (Å²) in [4.78, 5) is 23.6. The summed E-state index contributed by atoms with van der Waals surface area (Å²) in [5, 5.41) is 10.4. The molecule has 128 valence electrons. The molecule has 0 aliphatic heterocycles. The number of nitrogens with one attached hydrogen (secondary N) is 2.